The highest BCUT2D eigenvalue weighted by Gasteiger charge is 2.16. The number of nitrogen functional groups attached to an aromatic ring is 1. The number of benzene rings is 3. The van der Waals surface area contributed by atoms with E-state index in [-0.39, 0.29) is 5.95 Å². The van der Waals surface area contributed by atoms with Gasteiger partial charge in [-0.2, -0.15) is 4.98 Å². The Balaban J connectivity index is 1.56. The van der Waals surface area contributed by atoms with Crippen molar-refractivity contribution in [3.8, 4) is 28.7 Å². The summed E-state index contributed by atoms with van der Waals surface area (Å²) >= 11 is 0. The molecule has 0 saturated carbocycles. The molecule has 0 fully saturated rings. The van der Waals surface area contributed by atoms with Gasteiger partial charge in [-0.1, -0.05) is 36.4 Å². The highest BCUT2D eigenvalue weighted by molar-refractivity contribution is 5.93. The molecule has 0 aliphatic heterocycles. The molecule has 0 bridgehead atoms. The number of hydrogen-bond acceptors (Lipinski definition) is 7. The second-order valence-electron chi connectivity index (χ2n) is 7.88. The molecule has 0 atom stereocenters. The molecule has 5 rings (SSSR count). The summed E-state index contributed by atoms with van der Waals surface area (Å²) in [5, 5.41) is 4.30. The molecule has 3 aromatic carbocycles. The van der Waals surface area contributed by atoms with Crippen LogP contribution in [-0.4, -0.2) is 33.2 Å². The van der Waals surface area contributed by atoms with E-state index < -0.39 is 0 Å². The van der Waals surface area contributed by atoms with Gasteiger partial charge < -0.3 is 20.5 Å². The summed E-state index contributed by atoms with van der Waals surface area (Å²) < 4.78 is 12.8. The van der Waals surface area contributed by atoms with E-state index in [1.54, 1.807) is 11.7 Å². The van der Waals surface area contributed by atoms with E-state index in [9.17, 15) is 0 Å². The lowest BCUT2D eigenvalue weighted by atomic mass is 10.1. The summed E-state index contributed by atoms with van der Waals surface area (Å²) in [6, 6.07) is 23.7. The number of nitrogens with two attached hydrogens (primary N) is 1. The van der Waals surface area contributed by atoms with E-state index in [0.717, 1.165) is 22.3 Å². The Morgan fingerprint density at radius 1 is 0.914 bits per heavy atom. The zero-order valence-corrected chi connectivity index (χ0v) is 19.6. The van der Waals surface area contributed by atoms with E-state index in [4.69, 9.17) is 25.2 Å². The van der Waals surface area contributed by atoms with Gasteiger partial charge in [0.25, 0.3) is 0 Å². The Kier molecular flexibility index (Phi) is 6.17. The first-order valence-electron chi connectivity index (χ1n) is 11.4. The van der Waals surface area contributed by atoms with Gasteiger partial charge in [-0.25, -0.2) is 9.97 Å². The van der Waals surface area contributed by atoms with Crippen LogP contribution in [0.4, 0.5) is 11.8 Å². The number of nitrogens with zero attached hydrogens (tertiary/aromatic N) is 4. The fourth-order valence-corrected chi connectivity index (χ4v) is 3.89. The molecule has 176 valence electrons. The van der Waals surface area contributed by atoms with E-state index in [2.05, 4.69) is 22.4 Å². The van der Waals surface area contributed by atoms with E-state index in [0.29, 0.717) is 41.9 Å². The number of hydrogen-bond donors (Lipinski definition) is 2. The van der Waals surface area contributed by atoms with Crippen LogP contribution in [0.2, 0.25) is 0 Å². The number of nitrogens with one attached hydrogen (secondary N) is 1. The fourth-order valence-electron chi connectivity index (χ4n) is 3.89. The van der Waals surface area contributed by atoms with Crippen molar-refractivity contribution in [2.24, 2.45) is 0 Å². The Bertz CT molecular complexity index is 1450. The number of aromatic nitrogens is 4. The highest BCUT2D eigenvalue weighted by atomic mass is 16.5. The van der Waals surface area contributed by atoms with Crippen molar-refractivity contribution >= 4 is 22.7 Å². The molecule has 8 nitrogen and oxygen atoms in total. The van der Waals surface area contributed by atoms with Crippen LogP contribution < -0.4 is 20.5 Å². The van der Waals surface area contributed by atoms with Crippen LogP contribution in [0.3, 0.4) is 0 Å². The summed E-state index contributed by atoms with van der Waals surface area (Å²) in [4.78, 5) is 14.1. The standard InChI is InChI=1S/C27H26N6O2/c1-3-35-20-14-12-19(13-15-20)22-17-33(26(28)30-22)27-31-24-21(10-7-11-23(24)34-2)25(32-27)29-16-18-8-5-4-6-9-18/h4-15,17H,3,16H2,1-2H3,(H2,28,30)(H,29,31,32). The van der Waals surface area contributed by atoms with Gasteiger partial charge in [0.15, 0.2) is 0 Å². The van der Waals surface area contributed by atoms with Crippen LogP contribution in [0.5, 0.6) is 11.5 Å². The third-order valence-corrected chi connectivity index (χ3v) is 5.61. The van der Waals surface area contributed by atoms with Crippen molar-refractivity contribution in [1.29, 1.82) is 0 Å². The van der Waals surface area contributed by atoms with Gasteiger partial charge in [-0.05, 0) is 48.9 Å². The summed E-state index contributed by atoms with van der Waals surface area (Å²) in [6.45, 7) is 3.18. The number of para-hydroxylation sites is 1. The highest BCUT2D eigenvalue weighted by Crippen LogP contribution is 2.31. The number of methoxy groups -OCH3 is 1. The molecule has 35 heavy (non-hydrogen) atoms. The van der Waals surface area contributed by atoms with Crippen LogP contribution in [0.15, 0.2) is 79.0 Å². The predicted molar refractivity (Wildman–Crippen MR) is 138 cm³/mol. The first-order valence-corrected chi connectivity index (χ1v) is 11.4. The number of rotatable bonds is 8. The Labute approximate surface area is 203 Å². The van der Waals surface area contributed by atoms with Gasteiger partial charge in [-0.3, -0.25) is 4.57 Å². The molecular formula is C27H26N6O2. The summed E-state index contributed by atoms with van der Waals surface area (Å²) in [5.41, 5.74) is 9.77. The van der Waals surface area contributed by atoms with Crippen LogP contribution in [0.25, 0.3) is 28.1 Å². The number of ether oxygens (including phenoxy) is 2. The largest absolute Gasteiger partial charge is 0.494 e. The molecule has 0 saturated heterocycles. The molecule has 0 radical (unpaired) electrons. The number of fused-ring (bicyclic) bond motifs is 1. The lowest BCUT2D eigenvalue weighted by Gasteiger charge is -2.13. The van der Waals surface area contributed by atoms with Gasteiger partial charge in [0.2, 0.25) is 11.9 Å². The van der Waals surface area contributed by atoms with Crippen LogP contribution in [0, 0.1) is 0 Å². The van der Waals surface area contributed by atoms with Crippen LogP contribution >= 0.6 is 0 Å². The average molecular weight is 467 g/mol. The maximum absolute atomic E-state index is 6.31. The Morgan fingerprint density at radius 3 is 2.46 bits per heavy atom. The lowest BCUT2D eigenvalue weighted by Crippen LogP contribution is -2.09. The summed E-state index contributed by atoms with van der Waals surface area (Å²) in [7, 11) is 1.63. The molecule has 0 amide bonds. The molecule has 2 heterocycles. The summed E-state index contributed by atoms with van der Waals surface area (Å²) in [6.07, 6.45) is 1.84. The quantitative estimate of drug-likeness (QED) is 0.329. The lowest BCUT2D eigenvalue weighted by molar-refractivity contribution is 0.340. The van der Waals surface area contributed by atoms with Gasteiger partial charge in [-0.15, -0.1) is 0 Å². The first kappa shape index (κ1) is 22.2. The molecule has 0 aliphatic rings. The van der Waals surface area contributed by atoms with Crippen molar-refractivity contribution in [2.45, 2.75) is 13.5 Å². The van der Waals surface area contributed by atoms with E-state index >= 15 is 0 Å². The third kappa shape index (κ3) is 4.59. The van der Waals surface area contributed by atoms with Gasteiger partial charge in [0, 0.05) is 23.7 Å². The molecule has 3 N–H and O–H groups in total. The summed E-state index contributed by atoms with van der Waals surface area (Å²) in [5.74, 6) is 2.84. The Morgan fingerprint density at radius 2 is 1.71 bits per heavy atom. The monoisotopic (exact) mass is 466 g/mol. The van der Waals surface area contributed by atoms with Crippen molar-refractivity contribution < 1.29 is 9.47 Å². The minimum absolute atomic E-state index is 0.289. The first-order chi connectivity index (χ1) is 17.2. The second-order valence-corrected chi connectivity index (χ2v) is 7.88. The zero-order valence-electron chi connectivity index (χ0n) is 19.6. The molecular weight excluding hydrogens is 440 g/mol. The zero-order chi connectivity index (χ0) is 24.2. The smallest absolute Gasteiger partial charge is 0.239 e. The van der Waals surface area contributed by atoms with Crippen molar-refractivity contribution in [3.05, 3.63) is 84.6 Å². The average Bonchev–Trinajstić information content (AvgIpc) is 3.29. The third-order valence-electron chi connectivity index (χ3n) is 5.61. The van der Waals surface area contributed by atoms with E-state index in [1.165, 1.54) is 0 Å². The fraction of sp³-hybridized carbons (Fsp3) is 0.148. The SMILES string of the molecule is CCOc1ccc(-c2cn(-c3nc(NCc4ccccc4)c4cccc(OC)c4n3)c(N)n2)cc1. The molecule has 8 heteroatoms. The minimum atomic E-state index is 0.289. The van der Waals surface area contributed by atoms with Crippen LogP contribution in [-0.2, 0) is 6.54 Å². The minimum Gasteiger partial charge on any atom is -0.494 e. The van der Waals surface area contributed by atoms with Crippen molar-refractivity contribution in [3.63, 3.8) is 0 Å². The second kappa shape index (κ2) is 9.72. The molecule has 5 aromatic rings. The van der Waals surface area contributed by atoms with Crippen molar-refractivity contribution in [1.82, 2.24) is 19.5 Å². The molecule has 2 aromatic heterocycles. The maximum Gasteiger partial charge on any atom is 0.239 e. The van der Waals surface area contributed by atoms with Crippen molar-refractivity contribution in [2.75, 3.05) is 24.8 Å². The van der Waals surface area contributed by atoms with Gasteiger partial charge in [0.05, 0.1) is 19.4 Å². The topological polar surface area (TPSA) is 100 Å². The molecule has 0 unspecified atom stereocenters. The molecule has 0 aliphatic carbocycles. The predicted octanol–water partition coefficient (Wildman–Crippen LogP) is 5.08. The number of imidazole rings is 1. The number of anilines is 2. The maximum atomic E-state index is 6.31. The Hall–Kier alpha value is -4.59. The van der Waals surface area contributed by atoms with E-state index in [1.807, 2.05) is 73.8 Å². The normalized spacial score (nSPS) is 10.9. The van der Waals surface area contributed by atoms with Gasteiger partial charge in [0.1, 0.15) is 22.8 Å². The molecule has 0 spiro atoms. The van der Waals surface area contributed by atoms with Gasteiger partial charge >= 0.3 is 0 Å². The van der Waals surface area contributed by atoms with Crippen LogP contribution in [0.1, 0.15) is 12.5 Å².